The summed E-state index contributed by atoms with van der Waals surface area (Å²) in [5, 5.41) is 4.04. The molecule has 0 fully saturated rings. The molecule has 0 bridgehead atoms. The van der Waals surface area contributed by atoms with Gasteiger partial charge >= 0.3 is 0 Å². The molecule has 0 aliphatic rings. The van der Waals surface area contributed by atoms with Crippen molar-refractivity contribution in [3.63, 3.8) is 0 Å². The molecule has 118 valence electrons. The van der Waals surface area contributed by atoms with E-state index in [9.17, 15) is 0 Å². The first kappa shape index (κ1) is 17.3. The summed E-state index contributed by atoms with van der Waals surface area (Å²) >= 11 is 9.43. The molecule has 0 atom stereocenters. The second-order valence-corrected chi connectivity index (χ2v) is 6.14. The molecular formula is C17H19BrClNO2. The second-order valence-electron chi connectivity index (χ2n) is 4.85. The van der Waals surface area contributed by atoms with Gasteiger partial charge in [0.1, 0.15) is 12.4 Å². The first-order valence-electron chi connectivity index (χ1n) is 7.04. The van der Waals surface area contributed by atoms with Crippen molar-refractivity contribution in [2.45, 2.75) is 13.2 Å². The van der Waals surface area contributed by atoms with E-state index in [1.807, 2.05) is 30.3 Å². The standard InChI is InChI=1S/C17H19BrClNO2/c1-21-9-8-20-11-14-4-7-17(16(18)10-14)22-12-13-2-5-15(19)6-3-13/h2-7,10,20H,8-9,11-12H2,1H3. The van der Waals surface area contributed by atoms with Gasteiger partial charge in [-0.3, -0.25) is 0 Å². The van der Waals surface area contributed by atoms with Crippen LogP contribution in [0.15, 0.2) is 46.9 Å². The van der Waals surface area contributed by atoms with Crippen molar-refractivity contribution < 1.29 is 9.47 Å². The minimum atomic E-state index is 0.515. The molecule has 5 heteroatoms. The van der Waals surface area contributed by atoms with E-state index in [1.54, 1.807) is 7.11 Å². The Morgan fingerprint density at radius 1 is 1.09 bits per heavy atom. The molecular weight excluding hydrogens is 366 g/mol. The third-order valence-corrected chi connectivity index (χ3v) is 3.99. The van der Waals surface area contributed by atoms with Gasteiger partial charge in [0.05, 0.1) is 11.1 Å². The predicted molar refractivity (Wildman–Crippen MR) is 93.5 cm³/mol. The molecule has 0 aromatic heterocycles. The van der Waals surface area contributed by atoms with E-state index in [2.05, 4.69) is 33.4 Å². The summed E-state index contributed by atoms with van der Waals surface area (Å²) in [5.74, 6) is 0.829. The largest absolute Gasteiger partial charge is 0.488 e. The van der Waals surface area contributed by atoms with Crippen molar-refractivity contribution in [1.82, 2.24) is 5.32 Å². The Kier molecular flexibility index (Phi) is 7.19. The lowest BCUT2D eigenvalue weighted by atomic mass is 10.2. The minimum Gasteiger partial charge on any atom is -0.488 e. The van der Waals surface area contributed by atoms with E-state index in [0.717, 1.165) is 33.9 Å². The average Bonchev–Trinajstić information content (AvgIpc) is 2.52. The van der Waals surface area contributed by atoms with Gasteiger partial charge in [-0.25, -0.2) is 0 Å². The van der Waals surface area contributed by atoms with Crippen LogP contribution in [0.1, 0.15) is 11.1 Å². The molecule has 0 spiro atoms. The Labute approximate surface area is 144 Å². The van der Waals surface area contributed by atoms with Crippen LogP contribution in [-0.4, -0.2) is 20.3 Å². The number of ether oxygens (including phenoxy) is 2. The maximum absolute atomic E-state index is 5.87. The molecule has 0 heterocycles. The number of methoxy groups -OCH3 is 1. The number of benzene rings is 2. The van der Waals surface area contributed by atoms with E-state index in [-0.39, 0.29) is 0 Å². The third kappa shape index (κ3) is 5.61. The van der Waals surface area contributed by atoms with Gasteiger partial charge in [-0.05, 0) is 51.3 Å². The average molecular weight is 385 g/mol. The van der Waals surface area contributed by atoms with E-state index >= 15 is 0 Å². The van der Waals surface area contributed by atoms with Crippen molar-refractivity contribution in [2.75, 3.05) is 20.3 Å². The summed E-state index contributed by atoms with van der Waals surface area (Å²) in [6.07, 6.45) is 0. The van der Waals surface area contributed by atoms with Crippen molar-refractivity contribution in [3.05, 3.63) is 63.1 Å². The van der Waals surface area contributed by atoms with E-state index in [4.69, 9.17) is 21.1 Å². The van der Waals surface area contributed by atoms with Crippen LogP contribution < -0.4 is 10.1 Å². The molecule has 0 saturated carbocycles. The Bertz CT molecular complexity index is 590. The van der Waals surface area contributed by atoms with E-state index in [0.29, 0.717) is 13.2 Å². The van der Waals surface area contributed by atoms with Crippen LogP contribution in [-0.2, 0) is 17.9 Å². The molecule has 0 unspecified atom stereocenters. The maximum Gasteiger partial charge on any atom is 0.134 e. The highest BCUT2D eigenvalue weighted by Gasteiger charge is 2.03. The molecule has 2 rings (SSSR count). The fraction of sp³-hybridized carbons (Fsp3) is 0.294. The Balaban J connectivity index is 1.87. The number of rotatable bonds is 8. The molecule has 22 heavy (non-hydrogen) atoms. The van der Waals surface area contributed by atoms with Gasteiger partial charge in [0.25, 0.3) is 0 Å². The summed E-state index contributed by atoms with van der Waals surface area (Å²) < 4.78 is 11.8. The highest BCUT2D eigenvalue weighted by molar-refractivity contribution is 9.10. The Hall–Kier alpha value is -1.07. The van der Waals surface area contributed by atoms with Crippen molar-refractivity contribution in [1.29, 1.82) is 0 Å². The first-order chi connectivity index (χ1) is 10.7. The second kappa shape index (κ2) is 9.16. The Morgan fingerprint density at radius 3 is 2.50 bits per heavy atom. The lowest BCUT2D eigenvalue weighted by Gasteiger charge is -2.10. The molecule has 0 amide bonds. The summed E-state index contributed by atoms with van der Waals surface area (Å²) in [7, 11) is 1.70. The van der Waals surface area contributed by atoms with Crippen LogP contribution in [0.5, 0.6) is 5.75 Å². The van der Waals surface area contributed by atoms with Crippen LogP contribution in [0.25, 0.3) is 0 Å². The summed E-state index contributed by atoms with van der Waals surface area (Å²) in [4.78, 5) is 0. The van der Waals surface area contributed by atoms with Gasteiger partial charge in [-0.1, -0.05) is 29.8 Å². The quantitative estimate of drug-likeness (QED) is 0.684. The van der Waals surface area contributed by atoms with Gasteiger partial charge in [0.15, 0.2) is 0 Å². The molecule has 3 nitrogen and oxygen atoms in total. The number of hydrogen-bond donors (Lipinski definition) is 1. The number of halogens is 2. The molecule has 0 aliphatic carbocycles. The SMILES string of the molecule is COCCNCc1ccc(OCc2ccc(Cl)cc2)c(Br)c1. The predicted octanol–water partition coefficient (Wildman–Crippen LogP) is 4.42. The molecule has 0 radical (unpaired) electrons. The smallest absolute Gasteiger partial charge is 0.134 e. The molecule has 0 aliphatic heterocycles. The molecule has 2 aromatic carbocycles. The Morgan fingerprint density at radius 2 is 1.82 bits per heavy atom. The van der Waals surface area contributed by atoms with Gasteiger partial charge in [0, 0.05) is 25.2 Å². The highest BCUT2D eigenvalue weighted by Crippen LogP contribution is 2.27. The van der Waals surface area contributed by atoms with Crippen LogP contribution in [0.4, 0.5) is 0 Å². The highest BCUT2D eigenvalue weighted by atomic mass is 79.9. The summed E-state index contributed by atoms with van der Waals surface area (Å²) in [6, 6.07) is 13.8. The zero-order chi connectivity index (χ0) is 15.8. The molecule has 2 aromatic rings. The lowest BCUT2D eigenvalue weighted by molar-refractivity contribution is 0.199. The van der Waals surface area contributed by atoms with Crippen molar-refractivity contribution in [3.8, 4) is 5.75 Å². The topological polar surface area (TPSA) is 30.5 Å². The van der Waals surface area contributed by atoms with Gasteiger partial charge in [-0.15, -0.1) is 0 Å². The van der Waals surface area contributed by atoms with Crippen LogP contribution in [0, 0.1) is 0 Å². The first-order valence-corrected chi connectivity index (χ1v) is 8.21. The van der Waals surface area contributed by atoms with E-state index < -0.39 is 0 Å². The van der Waals surface area contributed by atoms with Gasteiger partial charge in [0.2, 0.25) is 0 Å². The van der Waals surface area contributed by atoms with Gasteiger partial charge < -0.3 is 14.8 Å². The van der Waals surface area contributed by atoms with Crippen molar-refractivity contribution >= 4 is 27.5 Å². The maximum atomic E-state index is 5.87. The minimum absolute atomic E-state index is 0.515. The third-order valence-electron chi connectivity index (χ3n) is 3.12. The molecule has 0 saturated heterocycles. The van der Waals surface area contributed by atoms with E-state index in [1.165, 1.54) is 5.56 Å². The van der Waals surface area contributed by atoms with Crippen LogP contribution in [0.3, 0.4) is 0 Å². The number of hydrogen-bond acceptors (Lipinski definition) is 3. The zero-order valence-corrected chi connectivity index (χ0v) is 14.8. The monoisotopic (exact) mass is 383 g/mol. The fourth-order valence-corrected chi connectivity index (χ4v) is 2.59. The van der Waals surface area contributed by atoms with Crippen molar-refractivity contribution in [2.24, 2.45) is 0 Å². The van der Waals surface area contributed by atoms with Crippen LogP contribution >= 0.6 is 27.5 Å². The lowest BCUT2D eigenvalue weighted by Crippen LogP contribution is -2.18. The molecule has 1 N–H and O–H groups in total. The zero-order valence-electron chi connectivity index (χ0n) is 12.4. The van der Waals surface area contributed by atoms with Crippen LogP contribution in [0.2, 0.25) is 5.02 Å². The summed E-state index contributed by atoms with van der Waals surface area (Å²) in [5.41, 5.74) is 2.28. The normalized spacial score (nSPS) is 10.7. The summed E-state index contributed by atoms with van der Waals surface area (Å²) in [6.45, 7) is 2.87. The fourth-order valence-electron chi connectivity index (χ4n) is 1.92. The number of nitrogens with one attached hydrogen (secondary N) is 1. The van der Waals surface area contributed by atoms with Gasteiger partial charge in [-0.2, -0.15) is 0 Å².